The Kier molecular flexibility index (Phi) is 3.85. The fourth-order valence-corrected chi connectivity index (χ4v) is 1.36. The summed E-state index contributed by atoms with van der Waals surface area (Å²) in [4.78, 5) is 8.91. The highest BCUT2D eigenvalue weighted by Gasteiger charge is 2.28. The van der Waals surface area contributed by atoms with Gasteiger partial charge in [-0.25, -0.2) is 0 Å². The molecule has 80 valence electrons. The minimum atomic E-state index is -4.31. The second-order valence-corrected chi connectivity index (χ2v) is 3.57. The van der Waals surface area contributed by atoms with Crippen LogP contribution in [-0.4, -0.2) is 17.8 Å². The molecule has 1 heterocycles. The number of rotatable bonds is 4. The molecule has 1 atom stereocenters. The third-order valence-corrected chi connectivity index (χ3v) is 2.33. The molecule has 0 spiro atoms. The highest BCUT2D eigenvalue weighted by molar-refractivity contribution is 7.09. The molecule has 0 aliphatic rings. The number of hydroxylamine groups is 1. The first-order valence-electron chi connectivity index (χ1n) is 3.81. The maximum atomic E-state index is 11.7. The third kappa shape index (κ3) is 4.03. The van der Waals surface area contributed by atoms with Crippen LogP contribution in [0.2, 0.25) is 0 Å². The van der Waals surface area contributed by atoms with Gasteiger partial charge < -0.3 is 0 Å². The third-order valence-electron chi connectivity index (χ3n) is 1.37. The summed E-state index contributed by atoms with van der Waals surface area (Å²) >= 11 is 1.35. The first-order chi connectivity index (χ1) is 6.49. The van der Waals surface area contributed by atoms with Crippen LogP contribution in [0.3, 0.4) is 0 Å². The van der Waals surface area contributed by atoms with Gasteiger partial charge in [-0.05, 0) is 6.92 Å². The maximum Gasteiger partial charge on any atom is 0.413 e. The monoisotopic (exact) mass is 226 g/mol. The Morgan fingerprint density at radius 2 is 2.36 bits per heavy atom. The van der Waals surface area contributed by atoms with Gasteiger partial charge in [0.15, 0.2) is 6.61 Å². The number of aromatic nitrogens is 1. The average molecular weight is 226 g/mol. The van der Waals surface area contributed by atoms with E-state index >= 15 is 0 Å². The zero-order chi connectivity index (χ0) is 10.6. The van der Waals surface area contributed by atoms with Crippen molar-refractivity contribution in [3.8, 4) is 0 Å². The predicted octanol–water partition coefficient (Wildman–Crippen LogP) is 2.29. The van der Waals surface area contributed by atoms with E-state index in [2.05, 4.69) is 15.3 Å². The number of halogens is 3. The van der Waals surface area contributed by atoms with Crippen LogP contribution >= 0.6 is 11.3 Å². The molecule has 7 heteroatoms. The van der Waals surface area contributed by atoms with Crippen LogP contribution in [0.4, 0.5) is 13.2 Å². The van der Waals surface area contributed by atoms with Crippen molar-refractivity contribution in [2.75, 3.05) is 6.61 Å². The molecule has 0 amide bonds. The highest BCUT2D eigenvalue weighted by atomic mass is 32.1. The second-order valence-electron chi connectivity index (χ2n) is 2.65. The van der Waals surface area contributed by atoms with Crippen molar-refractivity contribution >= 4 is 11.3 Å². The largest absolute Gasteiger partial charge is 0.413 e. The normalized spacial score (nSPS) is 14.3. The lowest BCUT2D eigenvalue weighted by atomic mass is 10.3. The molecule has 0 saturated carbocycles. The van der Waals surface area contributed by atoms with E-state index in [1.165, 1.54) is 11.3 Å². The van der Waals surface area contributed by atoms with Gasteiger partial charge in [-0.1, -0.05) is 0 Å². The Bertz CT molecular complexity index is 262. The van der Waals surface area contributed by atoms with Crippen molar-refractivity contribution < 1.29 is 18.0 Å². The van der Waals surface area contributed by atoms with Gasteiger partial charge in [0.1, 0.15) is 0 Å². The topological polar surface area (TPSA) is 34.1 Å². The molecule has 1 unspecified atom stereocenters. The van der Waals surface area contributed by atoms with Crippen LogP contribution in [0.15, 0.2) is 11.7 Å². The minimum Gasteiger partial charge on any atom is -0.292 e. The van der Waals surface area contributed by atoms with Gasteiger partial charge >= 0.3 is 6.18 Å². The van der Waals surface area contributed by atoms with Gasteiger partial charge in [-0.15, -0.1) is 11.3 Å². The Morgan fingerprint density at radius 1 is 1.64 bits per heavy atom. The zero-order valence-corrected chi connectivity index (χ0v) is 8.15. The smallest absolute Gasteiger partial charge is 0.292 e. The van der Waals surface area contributed by atoms with Gasteiger partial charge in [0.2, 0.25) is 0 Å². The van der Waals surface area contributed by atoms with Crippen molar-refractivity contribution in [1.82, 2.24) is 10.5 Å². The Hall–Kier alpha value is -0.660. The van der Waals surface area contributed by atoms with Crippen molar-refractivity contribution in [1.29, 1.82) is 0 Å². The number of alkyl halides is 3. The summed E-state index contributed by atoms with van der Waals surface area (Å²) in [7, 11) is 0. The lowest BCUT2D eigenvalue weighted by Gasteiger charge is -2.12. The van der Waals surface area contributed by atoms with Gasteiger partial charge in [0.25, 0.3) is 0 Å². The molecule has 0 aliphatic heterocycles. The van der Waals surface area contributed by atoms with Crippen LogP contribution in [-0.2, 0) is 4.84 Å². The number of thiazole rings is 1. The van der Waals surface area contributed by atoms with Crippen LogP contribution in [0.25, 0.3) is 0 Å². The minimum absolute atomic E-state index is 0.287. The second kappa shape index (κ2) is 4.72. The molecule has 0 saturated heterocycles. The Morgan fingerprint density at radius 3 is 2.86 bits per heavy atom. The van der Waals surface area contributed by atoms with E-state index in [4.69, 9.17) is 0 Å². The maximum absolute atomic E-state index is 11.7. The van der Waals surface area contributed by atoms with E-state index in [0.29, 0.717) is 0 Å². The van der Waals surface area contributed by atoms with Gasteiger partial charge in [-0.2, -0.15) is 18.7 Å². The molecule has 3 nitrogen and oxygen atoms in total. The molecule has 1 N–H and O–H groups in total. The molecule has 0 bridgehead atoms. The molecular formula is C7H9F3N2OS. The molecule has 1 aromatic heterocycles. The van der Waals surface area contributed by atoms with Crippen LogP contribution in [0.5, 0.6) is 0 Å². The standard InChI is InChI=1S/C7H9F3N2OS/c1-5(6-2-11-4-14-6)12-13-3-7(8,9)10/h2,4-5,12H,3H2,1H3. The predicted molar refractivity (Wildman–Crippen MR) is 45.7 cm³/mol. The highest BCUT2D eigenvalue weighted by Crippen LogP contribution is 2.18. The SMILES string of the molecule is CC(NOCC(F)(F)F)c1cncs1. The Labute approximate surface area is 82.9 Å². The molecule has 14 heavy (non-hydrogen) atoms. The van der Waals surface area contributed by atoms with E-state index < -0.39 is 12.8 Å². The van der Waals surface area contributed by atoms with E-state index in [9.17, 15) is 13.2 Å². The molecule has 1 rings (SSSR count). The zero-order valence-electron chi connectivity index (χ0n) is 7.34. The molecule has 0 aromatic carbocycles. The molecule has 1 aromatic rings. The van der Waals surface area contributed by atoms with Gasteiger partial charge in [-0.3, -0.25) is 9.82 Å². The van der Waals surface area contributed by atoms with Gasteiger partial charge in [0, 0.05) is 11.1 Å². The molecule has 0 fully saturated rings. The van der Waals surface area contributed by atoms with Crippen LogP contribution in [0, 0.1) is 0 Å². The van der Waals surface area contributed by atoms with Crippen molar-refractivity contribution in [2.24, 2.45) is 0 Å². The first-order valence-corrected chi connectivity index (χ1v) is 4.69. The quantitative estimate of drug-likeness (QED) is 0.800. The summed E-state index contributed by atoms with van der Waals surface area (Å²) in [5.74, 6) is 0. The molecule has 0 radical (unpaired) electrons. The number of nitrogens with one attached hydrogen (secondary N) is 1. The van der Waals surface area contributed by atoms with E-state index in [1.54, 1.807) is 18.6 Å². The van der Waals surface area contributed by atoms with Gasteiger partial charge in [0.05, 0.1) is 11.6 Å². The fraction of sp³-hybridized carbons (Fsp3) is 0.571. The molecule has 0 aliphatic carbocycles. The van der Waals surface area contributed by atoms with E-state index in [0.717, 1.165) is 4.88 Å². The number of nitrogens with zero attached hydrogens (tertiary/aromatic N) is 1. The summed E-state index contributed by atoms with van der Waals surface area (Å²) in [5.41, 5.74) is 3.90. The lowest BCUT2D eigenvalue weighted by Crippen LogP contribution is -2.26. The summed E-state index contributed by atoms with van der Waals surface area (Å²) < 4.78 is 35.0. The van der Waals surface area contributed by atoms with Crippen LogP contribution in [0.1, 0.15) is 17.8 Å². The first kappa shape index (κ1) is 11.4. The Balaban J connectivity index is 2.26. The van der Waals surface area contributed by atoms with Crippen molar-refractivity contribution in [3.05, 3.63) is 16.6 Å². The van der Waals surface area contributed by atoms with E-state index in [1.807, 2.05) is 0 Å². The fourth-order valence-electron chi connectivity index (χ4n) is 0.746. The van der Waals surface area contributed by atoms with Crippen molar-refractivity contribution in [2.45, 2.75) is 19.1 Å². The number of hydrogen-bond donors (Lipinski definition) is 1. The summed E-state index contributed by atoms with van der Waals surface area (Å²) in [6.07, 6.45) is -2.72. The molecular weight excluding hydrogens is 217 g/mol. The number of hydrogen-bond acceptors (Lipinski definition) is 4. The van der Waals surface area contributed by atoms with Crippen LogP contribution < -0.4 is 5.48 Å². The summed E-state index contributed by atoms with van der Waals surface area (Å²) in [6, 6.07) is -0.287. The van der Waals surface area contributed by atoms with E-state index in [-0.39, 0.29) is 6.04 Å². The summed E-state index contributed by atoms with van der Waals surface area (Å²) in [6.45, 7) is 0.403. The average Bonchev–Trinajstić information content (AvgIpc) is 2.53. The lowest BCUT2D eigenvalue weighted by molar-refractivity contribution is -0.192. The van der Waals surface area contributed by atoms with Crippen molar-refractivity contribution in [3.63, 3.8) is 0 Å². The summed E-state index contributed by atoms with van der Waals surface area (Å²) in [5, 5.41) is 0.